The number of carbonyl (C=O) groups is 2. The summed E-state index contributed by atoms with van der Waals surface area (Å²) >= 11 is 0. The third kappa shape index (κ3) is 4.33. The van der Waals surface area contributed by atoms with Crippen LogP contribution in [-0.4, -0.2) is 41.5 Å². The van der Waals surface area contributed by atoms with Crippen molar-refractivity contribution in [3.8, 4) is 6.07 Å². The Morgan fingerprint density at radius 2 is 1.87 bits per heavy atom. The first-order chi connectivity index (χ1) is 13.9. The maximum Gasteiger partial charge on any atom is 0.337 e. The zero-order valence-corrected chi connectivity index (χ0v) is 17.7. The monoisotopic (exact) mass is 413 g/mol. The zero-order chi connectivity index (χ0) is 22.8. The minimum Gasteiger partial charge on any atom is -0.466 e. The molecule has 30 heavy (non-hydrogen) atoms. The van der Waals surface area contributed by atoms with E-state index < -0.39 is 28.4 Å². The van der Waals surface area contributed by atoms with Gasteiger partial charge in [0.2, 0.25) is 0 Å². The number of ether oxygens (including phenoxy) is 2. The van der Waals surface area contributed by atoms with Gasteiger partial charge in [0.15, 0.2) is 0 Å². The lowest BCUT2D eigenvalue weighted by Crippen LogP contribution is -2.36. The summed E-state index contributed by atoms with van der Waals surface area (Å²) in [6.07, 6.45) is 0. The van der Waals surface area contributed by atoms with Crippen LogP contribution in [-0.2, 0) is 19.1 Å². The minimum absolute atomic E-state index is 0.0110. The Labute approximate surface area is 174 Å². The number of allylic oxidation sites excluding steroid dienone is 2. The van der Waals surface area contributed by atoms with Crippen molar-refractivity contribution in [1.82, 2.24) is 4.90 Å². The lowest BCUT2D eigenvalue weighted by Gasteiger charge is -2.35. The Hall–Kier alpha value is -3.67. The van der Waals surface area contributed by atoms with E-state index in [1.165, 1.54) is 23.1 Å². The highest BCUT2D eigenvalue weighted by atomic mass is 16.6. The zero-order valence-electron chi connectivity index (χ0n) is 17.7. The highest BCUT2D eigenvalue weighted by Crippen LogP contribution is 2.43. The summed E-state index contributed by atoms with van der Waals surface area (Å²) in [6, 6.07) is 7.56. The SMILES string of the molecule is COC(=O)C1=C(C#N)N(C)C(C)=C(C(=O)OC(C)(C)C)C1c1cccc([N+](=O)[O-])c1. The Bertz CT molecular complexity index is 1010. The minimum atomic E-state index is -1.07. The predicted octanol–water partition coefficient (Wildman–Crippen LogP) is 3.19. The molecule has 9 heteroatoms. The molecule has 0 radical (unpaired) electrons. The van der Waals surface area contributed by atoms with E-state index in [9.17, 15) is 25.0 Å². The number of nitriles is 1. The summed E-state index contributed by atoms with van der Waals surface area (Å²) in [5.41, 5.74) is -0.336. The van der Waals surface area contributed by atoms with Crippen molar-refractivity contribution in [3.05, 3.63) is 62.5 Å². The van der Waals surface area contributed by atoms with Crippen molar-refractivity contribution < 1.29 is 24.0 Å². The van der Waals surface area contributed by atoms with Crippen LogP contribution >= 0.6 is 0 Å². The van der Waals surface area contributed by atoms with Gasteiger partial charge < -0.3 is 14.4 Å². The summed E-state index contributed by atoms with van der Waals surface area (Å²) in [7, 11) is 2.71. The summed E-state index contributed by atoms with van der Waals surface area (Å²) in [5, 5.41) is 21.0. The van der Waals surface area contributed by atoms with E-state index in [2.05, 4.69) is 0 Å². The van der Waals surface area contributed by atoms with Crippen molar-refractivity contribution in [1.29, 1.82) is 5.26 Å². The molecule has 1 aliphatic heterocycles. The number of nitro benzene ring substituents is 1. The average molecular weight is 413 g/mol. The number of methoxy groups -OCH3 is 1. The fourth-order valence-corrected chi connectivity index (χ4v) is 3.23. The van der Waals surface area contributed by atoms with Gasteiger partial charge in [-0.3, -0.25) is 10.1 Å². The van der Waals surface area contributed by atoms with Gasteiger partial charge in [0.05, 0.1) is 29.1 Å². The molecule has 1 atom stereocenters. The number of nitrogens with zero attached hydrogens (tertiary/aromatic N) is 3. The quantitative estimate of drug-likeness (QED) is 0.419. The van der Waals surface area contributed by atoms with Crippen LogP contribution < -0.4 is 0 Å². The van der Waals surface area contributed by atoms with Crippen LogP contribution in [0.4, 0.5) is 5.69 Å². The summed E-state index contributed by atoms with van der Waals surface area (Å²) in [4.78, 5) is 37.9. The number of nitro groups is 1. The van der Waals surface area contributed by atoms with Crippen LogP contribution in [0.2, 0.25) is 0 Å². The third-order valence-electron chi connectivity index (χ3n) is 4.61. The Morgan fingerprint density at radius 3 is 2.37 bits per heavy atom. The van der Waals surface area contributed by atoms with E-state index in [1.54, 1.807) is 40.8 Å². The van der Waals surface area contributed by atoms with E-state index in [4.69, 9.17) is 9.47 Å². The molecular weight excluding hydrogens is 390 g/mol. The van der Waals surface area contributed by atoms with Crippen LogP contribution in [0.25, 0.3) is 0 Å². The van der Waals surface area contributed by atoms with Gasteiger partial charge in [-0.2, -0.15) is 5.26 Å². The molecule has 0 aromatic heterocycles. The summed E-state index contributed by atoms with van der Waals surface area (Å²) in [5.74, 6) is -2.58. The third-order valence-corrected chi connectivity index (χ3v) is 4.61. The fraction of sp³-hybridized carbons (Fsp3) is 0.381. The van der Waals surface area contributed by atoms with E-state index in [1.807, 2.05) is 6.07 Å². The highest BCUT2D eigenvalue weighted by Gasteiger charge is 2.42. The van der Waals surface area contributed by atoms with Crippen molar-refractivity contribution >= 4 is 17.6 Å². The maximum absolute atomic E-state index is 13.1. The van der Waals surface area contributed by atoms with E-state index in [-0.39, 0.29) is 22.5 Å². The molecular formula is C21H23N3O6. The largest absolute Gasteiger partial charge is 0.466 e. The van der Waals surface area contributed by atoms with Crippen LogP contribution in [0, 0.1) is 21.4 Å². The van der Waals surface area contributed by atoms with E-state index in [0.29, 0.717) is 11.3 Å². The standard InChI is InChI=1S/C21H23N3O6/c1-12-16(20(26)30-21(2,3)4)17(13-8-7-9-14(10-13)24(27)28)18(19(25)29-6)15(11-22)23(12)5/h7-10,17H,1-6H3. The summed E-state index contributed by atoms with van der Waals surface area (Å²) in [6.45, 7) is 6.73. The molecule has 1 heterocycles. The molecule has 158 valence electrons. The van der Waals surface area contributed by atoms with E-state index >= 15 is 0 Å². The van der Waals surface area contributed by atoms with Gasteiger partial charge in [0, 0.05) is 24.9 Å². The number of non-ortho nitro benzene ring substituents is 1. The molecule has 1 aromatic rings. The van der Waals surface area contributed by atoms with Gasteiger partial charge in [0.25, 0.3) is 5.69 Å². The Balaban J connectivity index is 2.84. The van der Waals surface area contributed by atoms with Crippen LogP contribution in [0.3, 0.4) is 0 Å². The van der Waals surface area contributed by atoms with Crippen LogP contribution in [0.1, 0.15) is 39.2 Å². The number of hydrogen-bond acceptors (Lipinski definition) is 8. The van der Waals surface area contributed by atoms with Crippen molar-refractivity contribution in [2.24, 2.45) is 0 Å². The van der Waals surface area contributed by atoms with Gasteiger partial charge >= 0.3 is 11.9 Å². The maximum atomic E-state index is 13.1. The molecule has 0 N–H and O–H groups in total. The topological polar surface area (TPSA) is 123 Å². The first-order valence-electron chi connectivity index (χ1n) is 9.07. The Kier molecular flexibility index (Phi) is 6.31. The number of benzene rings is 1. The fourth-order valence-electron chi connectivity index (χ4n) is 3.23. The number of hydrogen-bond donors (Lipinski definition) is 0. The molecule has 0 amide bonds. The first-order valence-corrected chi connectivity index (χ1v) is 9.07. The molecule has 2 rings (SSSR count). The molecule has 0 fully saturated rings. The van der Waals surface area contributed by atoms with E-state index in [0.717, 1.165) is 7.11 Å². The highest BCUT2D eigenvalue weighted by molar-refractivity contribution is 6.00. The second-order valence-corrected chi connectivity index (χ2v) is 7.71. The molecule has 0 saturated carbocycles. The van der Waals surface area contributed by atoms with Gasteiger partial charge in [0.1, 0.15) is 17.4 Å². The predicted molar refractivity (Wildman–Crippen MR) is 107 cm³/mol. The van der Waals surface area contributed by atoms with Gasteiger partial charge in [-0.05, 0) is 33.3 Å². The molecule has 0 bridgehead atoms. The average Bonchev–Trinajstić information content (AvgIpc) is 2.67. The molecule has 1 aromatic carbocycles. The molecule has 1 aliphatic rings. The van der Waals surface area contributed by atoms with Crippen molar-refractivity contribution in [2.75, 3.05) is 14.2 Å². The lowest BCUT2D eigenvalue weighted by molar-refractivity contribution is -0.384. The van der Waals surface area contributed by atoms with Gasteiger partial charge in [-0.25, -0.2) is 9.59 Å². The van der Waals surface area contributed by atoms with Crippen LogP contribution in [0.15, 0.2) is 46.8 Å². The smallest absolute Gasteiger partial charge is 0.337 e. The molecule has 1 unspecified atom stereocenters. The number of rotatable bonds is 4. The van der Waals surface area contributed by atoms with Crippen molar-refractivity contribution in [3.63, 3.8) is 0 Å². The molecule has 0 aliphatic carbocycles. The Morgan fingerprint density at radius 1 is 1.23 bits per heavy atom. The first kappa shape index (κ1) is 22.6. The molecule has 9 nitrogen and oxygen atoms in total. The van der Waals surface area contributed by atoms with Crippen molar-refractivity contribution in [2.45, 2.75) is 39.2 Å². The summed E-state index contributed by atoms with van der Waals surface area (Å²) < 4.78 is 10.4. The second kappa shape index (κ2) is 8.37. The number of carbonyl (C=O) groups excluding carboxylic acids is 2. The molecule has 0 spiro atoms. The lowest BCUT2D eigenvalue weighted by atomic mass is 9.79. The van der Waals surface area contributed by atoms with Gasteiger partial charge in [-0.1, -0.05) is 12.1 Å². The molecule has 0 saturated heterocycles. The van der Waals surface area contributed by atoms with Crippen LogP contribution in [0.5, 0.6) is 0 Å². The van der Waals surface area contributed by atoms with Gasteiger partial charge in [-0.15, -0.1) is 0 Å². The number of esters is 2. The second-order valence-electron chi connectivity index (χ2n) is 7.71. The normalized spacial score (nSPS) is 16.8.